The van der Waals surface area contributed by atoms with E-state index in [-0.39, 0.29) is 17.7 Å². The van der Waals surface area contributed by atoms with E-state index in [1.807, 2.05) is 4.90 Å². The molecule has 1 unspecified atom stereocenters. The Balaban J connectivity index is 1.36. The van der Waals surface area contributed by atoms with Crippen LogP contribution in [0.3, 0.4) is 0 Å². The molecule has 5 heteroatoms. The zero-order valence-electron chi connectivity index (χ0n) is 16.6. The van der Waals surface area contributed by atoms with Gasteiger partial charge in [0.15, 0.2) is 0 Å². The molecule has 0 radical (unpaired) electrons. The third-order valence-corrected chi connectivity index (χ3v) is 6.25. The molecule has 3 aliphatic rings. The third kappa shape index (κ3) is 4.64. The number of nitrogens with one attached hydrogen (secondary N) is 1. The van der Waals surface area contributed by atoms with Crippen LogP contribution in [-0.2, 0) is 10.3 Å². The molecular weight excluding hydrogens is 338 g/mol. The lowest BCUT2D eigenvalue weighted by Crippen LogP contribution is -2.49. The maximum atomic E-state index is 13.0. The topological polar surface area (TPSA) is 44.8 Å². The molecule has 5 nitrogen and oxygen atoms in total. The molecule has 0 spiro atoms. The van der Waals surface area contributed by atoms with Gasteiger partial charge < -0.3 is 19.9 Å². The lowest BCUT2D eigenvalue weighted by atomic mass is 10.0. The molecule has 1 saturated carbocycles. The number of benzene rings is 1. The Bertz CT molecular complexity index is 635. The number of nitrogens with zero attached hydrogens (tertiary/aromatic N) is 2. The number of carbonyl (C=O) groups is 1. The molecule has 0 aromatic heterocycles. The number of piperidine rings is 1. The average Bonchev–Trinajstić information content (AvgIpc) is 3.48. The first-order valence-corrected chi connectivity index (χ1v) is 10.6. The maximum absolute atomic E-state index is 13.0. The van der Waals surface area contributed by atoms with E-state index in [2.05, 4.69) is 41.4 Å². The Morgan fingerprint density at radius 2 is 1.85 bits per heavy atom. The summed E-state index contributed by atoms with van der Waals surface area (Å²) < 4.78 is 6.07. The molecule has 0 bridgehead atoms. The second-order valence-corrected chi connectivity index (χ2v) is 8.53. The number of amides is 2. The summed E-state index contributed by atoms with van der Waals surface area (Å²) in [7, 11) is 0. The van der Waals surface area contributed by atoms with Gasteiger partial charge >= 0.3 is 6.03 Å². The van der Waals surface area contributed by atoms with Gasteiger partial charge in [-0.25, -0.2) is 4.79 Å². The fraction of sp³-hybridized carbons (Fsp3) is 0.682. The van der Waals surface area contributed by atoms with Crippen LogP contribution in [0.4, 0.5) is 4.79 Å². The van der Waals surface area contributed by atoms with Crippen LogP contribution < -0.4 is 5.32 Å². The first kappa shape index (κ1) is 18.8. The fourth-order valence-corrected chi connectivity index (χ4v) is 4.39. The van der Waals surface area contributed by atoms with Crippen molar-refractivity contribution in [2.24, 2.45) is 0 Å². The number of urea groups is 1. The van der Waals surface area contributed by atoms with Crippen LogP contribution in [0.25, 0.3) is 0 Å². The molecule has 27 heavy (non-hydrogen) atoms. The molecule has 148 valence electrons. The maximum Gasteiger partial charge on any atom is 0.318 e. The van der Waals surface area contributed by atoms with Crippen molar-refractivity contribution in [1.82, 2.24) is 15.1 Å². The van der Waals surface area contributed by atoms with E-state index in [1.165, 1.54) is 43.5 Å². The number of hydrogen-bond acceptors (Lipinski definition) is 3. The summed E-state index contributed by atoms with van der Waals surface area (Å²) in [6.07, 6.45) is 7.03. The Morgan fingerprint density at radius 3 is 2.56 bits per heavy atom. The molecular formula is C22H33N3O2. The number of aryl methyl sites for hydroxylation is 1. The van der Waals surface area contributed by atoms with Crippen LogP contribution in [0.15, 0.2) is 24.3 Å². The highest BCUT2D eigenvalue weighted by molar-refractivity contribution is 5.76. The molecule has 1 N–H and O–H groups in total. The van der Waals surface area contributed by atoms with Gasteiger partial charge in [-0.3, -0.25) is 0 Å². The Hall–Kier alpha value is -1.59. The number of likely N-dealkylation sites (tertiary alicyclic amines) is 1. The van der Waals surface area contributed by atoms with E-state index in [1.54, 1.807) is 0 Å². The highest BCUT2D eigenvalue weighted by Gasteiger charge is 2.46. The lowest BCUT2D eigenvalue weighted by molar-refractivity contribution is 0.0254. The van der Waals surface area contributed by atoms with Crippen molar-refractivity contribution in [1.29, 1.82) is 0 Å². The molecule has 1 aliphatic carbocycles. The lowest BCUT2D eigenvalue weighted by Gasteiger charge is -2.32. The SMILES string of the molecule is Cc1ccc(C2(NC(=O)N3CCCOC(CN4CCCCC4)C3)CC2)cc1. The number of carbonyl (C=O) groups excluding carboxylic acids is 1. The summed E-state index contributed by atoms with van der Waals surface area (Å²) in [6, 6.07) is 8.66. The molecule has 2 saturated heterocycles. The van der Waals surface area contributed by atoms with Gasteiger partial charge in [0.25, 0.3) is 0 Å². The first-order valence-electron chi connectivity index (χ1n) is 10.6. The standard InChI is InChI=1S/C22H33N3O2/c1-18-6-8-19(9-7-18)22(10-11-22)23-21(26)25-14-5-15-27-20(17-25)16-24-12-3-2-4-13-24/h6-9,20H,2-5,10-17H2,1H3,(H,23,26). The quantitative estimate of drug-likeness (QED) is 0.883. The van der Waals surface area contributed by atoms with Crippen molar-refractivity contribution in [2.45, 2.75) is 57.1 Å². The highest BCUT2D eigenvalue weighted by atomic mass is 16.5. The zero-order chi connectivity index (χ0) is 18.7. The molecule has 2 amide bonds. The van der Waals surface area contributed by atoms with Crippen LogP contribution >= 0.6 is 0 Å². The van der Waals surface area contributed by atoms with Crippen molar-refractivity contribution in [3.05, 3.63) is 35.4 Å². The summed E-state index contributed by atoms with van der Waals surface area (Å²) in [5.41, 5.74) is 2.34. The average molecular weight is 372 g/mol. The van der Waals surface area contributed by atoms with E-state index < -0.39 is 0 Å². The van der Waals surface area contributed by atoms with Gasteiger partial charge in [0.2, 0.25) is 0 Å². The van der Waals surface area contributed by atoms with Crippen molar-refractivity contribution < 1.29 is 9.53 Å². The minimum absolute atomic E-state index is 0.0715. The van der Waals surface area contributed by atoms with E-state index >= 15 is 0 Å². The van der Waals surface area contributed by atoms with Gasteiger partial charge in [0, 0.05) is 26.2 Å². The number of rotatable bonds is 4. The first-order chi connectivity index (χ1) is 13.1. The summed E-state index contributed by atoms with van der Waals surface area (Å²) in [5.74, 6) is 0. The minimum Gasteiger partial charge on any atom is -0.375 e. The van der Waals surface area contributed by atoms with Crippen LogP contribution in [0, 0.1) is 6.92 Å². The van der Waals surface area contributed by atoms with E-state index in [9.17, 15) is 4.79 Å². The predicted octanol–water partition coefficient (Wildman–Crippen LogP) is 3.27. The smallest absolute Gasteiger partial charge is 0.318 e. The van der Waals surface area contributed by atoms with Crippen molar-refractivity contribution >= 4 is 6.03 Å². The predicted molar refractivity (Wildman–Crippen MR) is 107 cm³/mol. The zero-order valence-corrected chi connectivity index (χ0v) is 16.6. The Labute approximate surface area is 163 Å². The minimum atomic E-state index is -0.152. The van der Waals surface area contributed by atoms with Crippen molar-refractivity contribution in [3.8, 4) is 0 Å². The van der Waals surface area contributed by atoms with Crippen molar-refractivity contribution in [2.75, 3.05) is 39.3 Å². The van der Waals surface area contributed by atoms with Gasteiger partial charge in [-0.1, -0.05) is 36.2 Å². The van der Waals surface area contributed by atoms with Gasteiger partial charge in [0.05, 0.1) is 11.6 Å². The van der Waals surface area contributed by atoms with Crippen LogP contribution in [0.2, 0.25) is 0 Å². The van der Waals surface area contributed by atoms with Crippen LogP contribution in [0.5, 0.6) is 0 Å². The van der Waals surface area contributed by atoms with Crippen LogP contribution in [-0.4, -0.2) is 61.3 Å². The van der Waals surface area contributed by atoms with Gasteiger partial charge in [-0.15, -0.1) is 0 Å². The van der Waals surface area contributed by atoms with E-state index in [0.717, 1.165) is 39.0 Å². The molecule has 3 fully saturated rings. The summed E-state index contributed by atoms with van der Waals surface area (Å²) in [5, 5.41) is 3.34. The summed E-state index contributed by atoms with van der Waals surface area (Å²) >= 11 is 0. The molecule has 1 aromatic carbocycles. The van der Waals surface area contributed by atoms with E-state index in [0.29, 0.717) is 6.54 Å². The fourth-order valence-electron chi connectivity index (χ4n) is 4.39. The number of ether oxygens (including phenoxy) is 1. The highest BCUT2D eigenvalue weighted by Crippen LogP contribution is 2.45. The van der Waals surface area contributed by atoms with E-state index in [4.69, 9.17) is 4.74 Å². The second kappa shape index (κ2) is 8.19. The molecule has 1 atom stereocenters. The van der Waals surface area contributed by atoms with Gasteiger partial charge in [-0.2, -0.15) is 0 Å². The molecule has 2 aliphatic heterocycles. The Kier molecular flexibility index (Phi) is 5.69. The number of hydrogen-bond donors (Lipinski definition) is 1. The summed E-state index contributed by atoms with van der Waals surface area (Å²) in [4.78, 5) is 17.5. The largest absolute Gasteiger partial charge is 0.375 e. The monoisotopic (exact) mass is 371 g/mol. The summed E-state index contributed by atoms with van der Waals surface area (Å²) in [6.45, 7) is 7.63. The second-order valence-electron chi connectivity index (χ2n) is 8.53. The van der Waals surface area contributed by atoms with Gasteiger partial charge in [0.1, 0.15) is 0 Å². The third-order valence-electron chi connectivity index (χ3n) is 6.25. The Morgan fingerprint density at radius 1 is 1.11 bits per heavy atom. The van der Waals surface area contributed by atoms with Crippen molar-refractivity contribution in [3.63, 3.8) is 0 Å². The molecule has 4 rings (SSSR count). The molecule has 1 aromatic rings. The van der Waals surface area contributed by atoms with Crippen LogP contribution in [0.1, 0.15) is 49.7 Å². The molecule has 2 heterocycles. The van der Waals surface area contributed by atoms with Gasteiger partial charge in [-0.05, 0) is 57.7 Å². The normalized spacial score (nSPS) is 25.7.